The molecular formula is C16H14N4. The zero-order chi connectivity index (χ0) is 13.9. The number of nitrogens with zero attached hydrogens (tertiary/aromatic N) is 3. The summed E-state index contributed by atoms with van der Waals surface area (Å²) in [7, 11) is 0. The van der Waals surface area contributed by atoms with Gasteiger partial charge in [0.25, 0.3) is 0 Å². The van der Waals surface area contributed by atoms with Crippen LogP contribution in [-0.4, -0.2) is 10.7 Å². The number of hydrogen-bond acceptors (Lipinski definition) is 4. The summed E-state index contributed by atoms with van der Waals surface area (Å²) < 4.78 is 0. The molecule has 0 radical (unpaired) electrons. The van der Waals surface area contributed by atoms with Crippen LogP contribution in [0.3, 0.4) is 0 Å². The van der Waals surface area contributed by atoms with Gasteiger partial charge in [0.15, 0.2) is 0 Å². The molecule has 1 N–H and O–H groups in total. The molecule has 1 aromatic carbocycles. The number of rotatable bonds is 2. The van der Waals surface area contributed by atoms with Crippen molar-refractivity contribution in [3.05, 3.63) is 65.5 Å². The summed E-state index contributed by atoms with van der Waals surface area (Å²) in [4.78, 5) is 4.39. The maximum Gasteiger partial charge on any atom is 0.0991 e. The maximum atomic E-state index is 8.84. The minimum absolute atomic E-state index is 0.0989. The number of benzene rings is 1. The van der Waals surface area contributed by atoms with Crippen LogP contribution in [0.25, 0.3) is 0 Å². The summed E-state index contributed by atoms with van der Waals surface area (Å²) in [6, 6.07) is 15.6. The topological polar surface area (TPSA) is 61.1 Å². The summed E-state index contributed by atoms with van der Waals surface area (Å²) in [6.07, 6.45) is 1.80. The lowest BCUT2D eigenvalue weighted by Crippen LogP contribution is -2.20. The summed E-state index contributed by atoms with van der Waals surface area (Å²) in [5.41, 5.74) is 6.86. The van der Waals surface area contributed by atoms with Crippen LogP contribution in [0.2, 0.25) is 0 Å². The van der Waals surface area contributed by atoms with Gasteiger partial charge in [0.2, 0.25) is 0 Å². The van der Waals surface area contributed by atoms with Gasteiger partial charge >= 0.3 is 0 Å². The summed E-state index contributed by atoms with van der Waals surface area (Å²) in [6.45, 7) is 2.14. The lowest BCUT2D eigenvalue weighted by molar-refractivity contribution is 0.512. The number of nitrogens with one attached hydrogen (secondary N) is 1. The molecule has 4 nitrogen and oxygen atoms in total. The van der Waals surface area contributed by atoms with Crippen molar-refractivity contribution < 1.29 is 0 Å². The van der Waals surface area contributed by atoms with Crippen molar-refractivity contribution >= 4 is 5.71 Å². The van der Waals surface area contributed by atoms with Crippen LogP contribution in [0, 0.1) is 17.2 Å². The maximum absolute atomic E-state index is 8.84. The molecule has 2 aromatic rings. The van der Waals surface area contributed by atoms with Gasteiger partial charge in [-0.05, 0) is 29.8 Å². The van der Waals surface area contributed by atoms with E-state index in [0.717, 1.165) is 17.0 Å². The summed E-state index contributed by atoms with van der Waals surface area (Å²) >= 11 is 0. The highest BCUT2D eigenvalue weighted by atomic mass is 15.3. The van der Waals surface area contributed by atoms with E-state index in [1.54, 1.807) is 6.20 Å². The zero-order valence-electron chi connectivity index (χ0n) is 11.1. The molecule has 0 fully saturated rings. The Kier molecular flexibility index (Phi) is 3.18. The second-order valence-corrected chi connectivity index (χ2v) is 4.84. The Balaban J connectivity index is 1.85. The number of hydrogen-bond donors (Lipinski definition) is 1. The van der Waals surface area contributed by atoms with Crippen molar-refractivity contribution in [2.24, 2.45) is 11.0 Å². The first-order valence-electron chi connectivity index (χ1n) is 6.54. The molecular weight excluding hydrogens is 248 g/mol. The Labute approximate surface area is 117 Å². The van der Waals surface area contributed by atoms with Crippen LogP contribution in [0.1, 0.15) is 29.8 Å². The summed E-state index contributed by atoms with van der Waals surface area (Å²) in [5.74, 6) is 0.234. The Morgan fingerprint density at radius 3 is 2.60 bits per heavy atom. The van der Waals surface area contributed by atoms with E-state index in [0.29, 0.717) is 5.56 Å². The molecule has 1 aliphatic rings. The Morgan fingerprint density at radius 1 is 1.15 bits per heavy atom. The first-order valence-corrected chi connectivity index (χ1v) is 6.54. The van der Waals surface area contributed by atoms with Gasteiger partial charge in [-0.25, -0.2) is 0 Å². The van der Waals surface area contributed by atoms with Gasteiger partial charge in [-0.3, -0.25) is 4.98 Å². The molecule has 2 unspecified atom stereocenters. The Bertz CT molecular complexity index is 668. The van der Waals surface area contributed by atoms with E-state index >= 15 is 0 Å². The highest BCUT2D eigenvalue weighted by Crippen LogP contribution is 2.28. The fraction of sp³-hybridized carbons (Fsp3) is 0.188. The molecule has 2 heterocycles. The second-order valence-electron chi connectivity index (χ2n) is 4.84. The lowest BCUT2D eigenvalue weighted by Gasteiger charge is -2.15. The number of pyridine rings is 1. The molecule has 0 spiro atoms. The quantitative estimate of drug-likeness (QED) is 0.905. The third-order valence-corrected chi connectivity index (χ3v) is 3.57. The predicted molar refractivity (Wildman–Crippen MR) is 77.0 cm³/mol. The van der Waals surface area contributed by atoms with Gasteiger partial charge < -0.3 is 5.43 Å². The average molecular weight is 262 g/mol. The molecule has 98 valence electrons. The molecule has 0 saturated carbocycles. The van der Waals surface area contributed by atoms with E-state index in [4.69, 9.17) is 5.26 Å². The molecule has 0 saturated heterocycles. The number of hydrazone groups is 1. The minimum atomic E-state index is 0.0989. The van der Waals surface area contributed by atoms with Crippen LogP contribution in [0.5, 0.6) is 0 Å². The third kappa shape index (κ3) is 2.14. The molecule has 0 amide bonds. The first kappa shape index (κ1) is 12.4. The Hall–Kier alpha value is -2.67. The standard InChI is InChI=1S/C16H14N4/c1-11-15(13-7-5-12(10-17)6-8-13)19-20-16(11)14-4-2-3-9-18-14/h2-9,11,16,20H,1H3. The Morgan fingerprint density at radius 2 is 1.95 bits per heavy atom. The van der Waals surface area contributed by atoms with Gasteiger partial charge in [-0.2, -0.15) is 10.4 Å². The number of nitriles is 1. The normalized spacial score (nSPS) is 20.9. The smallest absolute Gasteiger partial charge is 0.0991 e. The highest BCUT2D eigenvalue weighted by Gasteiger charge is 2.30. The van der Waals surface area contributed by atoms with Crippen LogP contribution in [-0.2, 0) is 0 Å². The van der Waals surface area contributed by atoms with Gasteiger partial charge in [0, 0.05) is 12.1 Å². The van der Waals surface area contributed by atoms with Crippen LogP contribution >= 0.6 is 0 Å². The van der Waals surface area contributed by atoms with Crippen molar-refractivity contribution in [3.8, 4) is 6.07 Å². The van der Waals surface area contributed by atoms with Crippen molar-refractivity contribution in [3.63, 3.8) is 0 Å². The van der Waals surface area contributed by atoms with E-state index in [-0.39, 0.29) is 12.0 Å². The molecule has 1 aromatic heterocycles. The van der Waals surface area contributed by atoms with Crippen molar-refractivity contribution in [1.82, 2.24) is 10.4 Å². The molecule has 20 heavy (non-hydrogen) atoms. The van der Waals surface area contributed by atoms with E-state index in [9.17, 15) is 0 Å². The van der Waals surface area contributed by atoms with Crippen LogP contribution in [0.15, 0.2) is 53.8 Å². The average Bonchev–Trinajstić information content (AvgIpc) is 2.90. The minimum Gasteiger partial charge on any atom is -0.300 e. The van der Waals surface area contributed by atoms with E-state index in [2.05, 4.69) is 28.5 Å². The third-order valence-electron chi connectivity index (χ3n) is 3.57. The van der Waals surface area contributed by atoms with E-state index < -0.39 is 0 Å². The van der Waals surface area contributed by atoms with Crippen LogP contribution < -0.4 is 5.43 Å². The zero-order valence-corrected chi connectivity index (χ0v) is 11.1. The molecule has 0 bridgehead atoms. The first-order chi connectivity index (χ1) is 9.79. The van der Waals surface area contributed by atoms with Gasteiger partial charge in [-0.15, -0.1) is 0 Å². The van der Waals surface area contributed by atoms with Crippen molar-refractivity contribution in [1.29, 1.82) is 5.26 Å². The SMILES string of the molecule is CC1C(c2ccc(C#N)cc2)=NNC1c1ccccn1. The number of aromatic nitrogens is 1. The lowest BCUT2D eigenvalue weighted by atomic mass is 9.91. The largest absolute Gasteiger partial charge is 0.300 e. The predicted octanol–water partition coefficient (Wildman–Crippen LogP) is 2.64. The fourth-order valence-electron chi connectivity index (χ4n) is 2.44. The van der Waals surface area contributed by atoms with Crippen molar-refractivity contribution in [2.75, 3.05) is 0 Å². The highest BCUT2D eigenvalue weighted by molar-refractivity contribution is 6.03. The fourth-order valence-corrected chi connectivity index (χ4v) is 2.44. The molecule has 2 atom stereocenters. The molecule has 0 aliphatic carbocycles. The van der Waals surface area contributed by atoms with Crippen molar-refractivity contribution in [2.45, 2.75) is 13.0 Å². The molecule has 1 aliphatic heterocycles. The van der Waals surface area contributed by atoms with Gasteiger partial charge in [0.1, 0.15) is 0 Å². The summed E-state index contributed by atoms with van der Waals surface area (Å²) in [5, 5.41) is 13.3. The second kappa shape index (κ2) is 5.14. The van der Waals surface area contributed by atoms with Crippen LogP contribution in [0.4, 0.5) is 0 Å². The molecule has 4 heteroatoms. The van der Waals surface area contributed by atoms with Gasteiger partial charge in [0.05, 0.1) is 29.1 Å². The van der Waals surface area contributed by atoms with E-state index in [1.165, 1.54) is 0 Å². The monoisotopic (exact) mass is 262 g/mol. The van der Waals surface area contributed by atoms with Gasteiger partial charge in [-0.1, -0.05) is 25.1 Å². The molecule has 3 rings (SSSR count). The van der Waals surface area contributed by atoms with E-state index in [1.807, 2.05) is 42.5 Å².